The van der Waals surface area contributed by atoms with Crippen LogP contribution in [-0.4, -0.2) is 24.1 Å². The van der Waals surface area contributed by atoms with Crippen molar-refractivity contribution in [1.82, 2.24) is 0 Å². The topological polar surface area (TPSA) is 109 Å². The van der Waals surface area contributed by atoms with E-state index in [2.05, 4.69) is 5.32 Å². The number of amides is 1. The fourth-order valence-electron chi connectivity index (χ4n) is 2.90. The van der Waals surface area contributed by atoms with E-state index in [9.17, 15) is 14.9 Å². The largest absolute Gasteiger partial charge is 0.493 e. The lowest BCUT2D eigenvalue weighted by atomic mass is 10.1. The van der Waals surface area contributed by atoms with Gasteiger partial charge in [0, 0.05) is 5.69 Å². The number of anilines is 1. The molecule has 2 N–H and O–H groups in total. The molecule has 3 aromatic carbocycles. The van der Waals surface area contributed by atoms with Gasteiger partial charge in [-0.05, 0) is 53.6 Å². The zero-order valence-electron chi connectivity index (χ0n) is 17.5. The third-order valence-electron chi connectivity index (χ3n) is 4.54. The number of carboxylic acids is 1. The summed E-state index contributed by atoms with van der Waals surface area (Å²) in [6.07, 6.45) is 1.40. The Morgan fingerprint density at radius 1 is 1.12 bits per heavy atom. The lowest BCUT2D eigenvalue weighted by Gasteiger charge is -2.14. The fourth-order valence-corrected chi connectivity index (χ4v) is 3.17. The van der Waals surface area contributed by atoms with E-state index in [1.54, 1.807) is 48.5 Å². The van der Waals surface area contributed by atoms with Crippen LogP contribution in [0.3, 0.4) is 0 Å². The summed E-state index contributed by atoms with van der Waals surface area (Å²) in [5, 5.41) is 21.3. The molecule has 0 aliphatic carbocycles. The molecule has 0 unspecified atom stereocenters. The van der Waals surface area contributed by atoms with Crippen molar-refractivity contribution in [3.8, 4) is 17.6 Å². The summed E-state index contributed by atoms with van der Waals surface area (Å²) in [4.78, 5) is 23.4. The van der Waals surface area contributed by atoms with E-state index in [1.807, 2.05) is 12.1 Å². The Labute approximate surface area is 195 Å². The van der Waals surface area contributed by atoms with Gasteiger partial charge in [-0.3, -0.25) is 4.79 Å². The molecule has 0 bridgehead atoms. The van der Waals surface area contributed by atoms with Crippen molar-refractivity contribution in [3.63, 3.8) is 0 Å². The van der Waals surface area contributed by atoms with Crippen molar-refractivity contribution in [2.24, 2.45) is 0 Å². The minimum Gasteiger partial charge on any atom is -0.493 e. The summed E-state index contributed by atoms with van der Waals surface area (Å²) >= 11 is 6.39. The van der Waals surface area contributed by atoms with Crippen molar-refractivity contribution in [3.05, 3.63) is 94.0 Å². The van der Waals surface area contributed by atoms with E-state index in [-0.39, 0.29) is 28.5 Å². The van der Waals surface area contributed by atoms with Crippen LogP contribution in [0.5, 0.6) is 11.5 Å². The van der Waals surface area contributed by atoms with Gasteiger partial charge in [-0.1, -0.05) is 41.9 Å². The van der Waals surface area contributed by atoms with Gasteiger partial charge in [0.2, 0.25) is 0 Å². The molecule has 1 amide bonds. The predicted molar refractivity (Wildman–Crippen MR) is 124 cm³/mol. The molecule has 3 rings (SSSR count). The highest BCUT2D eigenvalue weighted by Crippen LogP contribution is 2.37. The van der Waals surface area contributed by atoms with Crippen LogP contribution in [0.25, 0.3) is 6.08 Å². The first-order chi connectivity index (χ1) is 15.9. The number of methoxy groups -OCH3 is 1. The Morgan fingerprint density at radius 3 is 2.42 bits per heavy atom. The third-order valence-corrected chi connectivity index (χ3v) is 4.82. The van der Waals surface area contributed by atoms with Crippen LogP contribution in [-0.2, 0) is 11.4 Å². The first-order valence-electron chi connectivity index (χ1n) is 9.72. The lowest BCUT2D eigenvalue weighted by molar-refractivity contribution is -0.112. The number of ether oxygens (including phenoxy) is 2. The molecule has 0 aromatic heterocycles. The van der Waals surface area contributed by atoms with E-state index >= 15 is 0 Å². The molecule has 3 aromatic rings. The molecule has 166 valence electrons. The number of carbonyl (C=O) groups is 2. The Balaban J connectivity index is 1.79. The van der Waals surface area contributed by atoms with Gasteiger partial charge in [-0.2, -0.15) is 5.26 Å². The summed E-state index contributed by atoms with van der Waals surface area (Å²) < 4.78 is 11.2. The van der Waals surface area contributed by atoms with E-state index in [0.29, 0.717) is 17.0 Å². The van der Waals surface area contributed by atoms with E-state index in [4.69, 9.17) is 26.2 Å². The van der Waals surface area contributed by atoms with Gasteiger partial charge in [0.15, 0.2) is 11.5 Å². The number of halogens is 1. The number of nitrogens with zero attached hydrogens (tertiary/aromatic N) is 1. The van der Waals surface area contributed by atoms with E-state index in [1.165, 1.54) is 25.3 Å². The summed E-state index contributed by atoms with van der Waals surface area (Å²) in [6, 6.07) is 20.1. The quantitative estimate of drug-likeness (QED) is 0.353. The standard InChI is InChI=1S/C25H19ClN2O5/c1-32-22-13-17(11-19(14-27)24(29)28-20-5-3-2-4-6-20)12-21(26)23(22)33-15-16-7-9-18(10-8-16)25(30)31/h2-13H,15H2,1H3,(H,28,29)(H,30,31)/b19-11+. The Kier molecular flexibility index (Phi) is 7.68. The number of carboxylic acid groups (broad SMARTS) is 1. The second kappa shape index (κ2) is 10.8. The van der Waals surface area contributed by atoms with Gasteiger partial charge in [-0.15, -0.1) is 0 Å². The van der Waals surface area contributed by atoms with Gasteiger partial charge < -0.3 is 19.9 Å². The highest BCUT2D eigenvalue weighted by atomic mass is 35.5. The Bertz CT molecular complexity index is 1230. The number of aromatic carboxylic acids is 1. The maximum Gasteiger partial charge on any atom is 0.335 e. The zero-order valence-corrected chi connectivity index (χ0v) is 18.3. The summed E-state index contributed by atoms with van der Waals surface area (Å²) in [6.45, 7) is 0.133. The third kappa shape index (κ3) is 6.12. The lowest BCUT2D eigenvalue weighted by Crippen LogP contribution is -2.13. The highest BCUT2D eigenvalue weighted by molar-refractivity contribution is 6.32. The molecule has 0 saturated carbocycles. The molecule has 33 heavy (non-hydrogen) atoms. The second-order valence-electron chi connectivity index (χ2n) is 6.81. The Morgan fingerprint density at radius 2 is 1.82 bits per heavy atom. The van der Waals surface area contributed by atoms with Gasteiger partial charge in [0.25, 0.3) is 5.91 Å². The minimum absolute atomic E-state index is 0.107. The smallest absolute Gasteiger partial charge is 0.335 e. The van der Waals surface area contributed by atoms with Crippen LogP contribution in [0, 0.1) is 11.3 Å². The average Bonchev–Trinajstić information content (AvgIpc) is 2.82. The fraction of sp³-hybridized carbons (Fsp3) is 0.0800. The normalized spacial score (nSPS) is 10.8. The number of carbonyl (C=O) groups excluding carboxylic acids is 1. The number of para-hydroxylation sites is 1. The molecular formula is C25H19ClN2O5. The number of nitriles is 1. The zero-order chi connectivity index (χ0) is 23.8. The summed E-state index contributed by atoms with van der Waals surface area (Å²) in [5.74, 6) is -0.962. The molecule has 0 aliphatic heterocycles. The van der Waals surface area contributed by atoms with Crippen LogP contribution < -0.4 is 14.8 Å². The summed E-state index contributed by atoms with van der Waals surface area (Å²) in [5.41, 5.74) is 1.86. The van der Waals surface area contributed by atoms with Gasteiger partial charge in [-0.25, -0.2) is 4.79 Å². The maximum absolute atomic E-state index is 12.5. The highest BCUT2D eigenvalue weighted by Gasteiger charge is 2.15. The number of hydrogen-bond donors (Lipinski definition) is 2. The average molecular weight is 463 g/mol. The van der Waals surface area contributed by atoms with Gasteiger partial charge >= 0.3 is 5.97 Å². The number of benzene rings is 3. The SMILES string of the molecule is COc1cc(/C=C(\C#N)C(=O)Nc2ccccc2)cc(Cl)c1OCc1ccc(C(=O)O)cc1. The molecule has 0 heterocycles. The van der Waals surface area contributed by atoms with E-state index < -0.39 is 11.9 Å². The molecule has 0 saturated heterocycles. The van der Waals surface area contributed by atoms with Crippen LogP contribution in [0.1, 0.15) is 21.5 Å². The van der Waals surface area contributed by atoms with Crippen molar-refractivity contribution in [1.29, 1.82) is 5.26 Å². The Hall–Kier alpha value is -4.28. The van der Waals surface area contributed by atoms with Crippen molar-refractivity contribution < 1.29 is 24.2 Å². The molecule has 7 nitrogen and oxygen atoms in total. The van der Waals surface area contributed by atoms with Gasteiger partial charge in [0.1, 0.15) is 18.2 Å². The van der Waals surface area contributed by atoms with Crippen molar-refractivity contribution >= 4 is 35.2 Å². The number of nitrogens with one attached hydrogen (secondary N) is 1. The molecule has 0 aliphatic rings. The van der Waals surface area contributed by atoms with Crippen LogP contribution in [0.15, 0.2) is 72.3 Å². The molecule has 0 fully saturated rings. The second-order valence-corrected chi connectivity index (χ2v) is 7.22. The first kappa shape index (κ1) is 23.4. The molecular weight excluding hydrogens is 444 g/mol. The number of rotatable bonds is 8. The molecule has 0 spiro atoms. The van der Waals surface area contributed by atoms with Crippen molar-refractivity contribution in [2.75, 3.05) is 12.4 Å². The van der Waals surface area contributed by atoms with E-state index in [0.717, 1.165) is 5.56 Å². The summed E-state index contributed by atoms with van der Waals surface area (Å²) in [7, 11) is 1.45. The molecule has 8 heteroatoms. The minimum atomic E-state index is -1.01. The maximum atomic E-state index is 12.5. The first-order valence-corrected chi connectivity index (χ1v) is 10.1. The van der Waals surface area contributed by atoms with Gasteiger partial charge in [0.05, 0.1) is 17.7 Å². The monoisotopic (exact) mass is 462 g/mol. The predicted octanol–water partition coefficient (Wildman–Crippen LogP) is 5.17. The molecule has 0 radical (unpaired) electrons. The molecule has 0 atom stereocenters. The van der Waals surface area contributed by atoms with Crippen LogP contribution in [0.4, 0.5) is 5.69 Å². The van der Waals surface area contributed by atoms with Crippen LogP contribution >= 0.6 is 11.6 Å². The number of hydrogen-bond acceptors (Lipinski definition) is 5. The van der Waals surface area contributed by atoms with Crippen LogP contribution in [0.2, 0.25) is 5.02 Å². The van der Waals surface area contributed by atoms with Crippen molar-refractivity contribution in [2.45, 2.75) is 6.61 Å².